The second kappa shape index (κ2) is 13.4. The third-order valence-corrected chi connectivity index (χ3v) is 6.36. The van der Waals surface area contributed by atoms with E-state index in [1.54, 1.807) is 24.3 Å². The topological polar surface area (TPSA) is 127 Å². The van der Waals surface area contributed by atoms with Crippen LogP contribution >= 0.6 is 34.2 Å². The number of hydrogen-bond acceptors (Lipinski definition) is 7. The van der Waals surface area contributed by atoms with E-state index in [4.69, 9.17) is 25.8 Å². The predicted octanol–water partition coefficient (Wildman–Crippen LogP) is 3.02. The highest BCUT2D eigenvalue weighted by atomic mass is 127. The molecule has 2 aromatic rings. The van der Waals surface area contributed by atoms with Crippen LogP contribution in [0.5, 0.6) is 11.5 Å². The Morgan fingerprint density at radius 2 is 2.06 bits per heavy atom. The lowest BCUT2D eigenvalue weighted by molar-refractivity contribution is -0.139. The van der Waals surface area contributed by atoms with Crippen molar-refractivity contribution in [3.05, 3.63) is 50.1 Å². The Labute approximate surface area is 227 Å². The molecular formula is C24H26ClIN4O6. The summed E-state index contributed by atoms with van der Waals surface area (Å²) < 4.78 is 17.1. The minimum atomic E-state index is -0.883. The highest BCUT2D eigenvalue weighted by Crippen LogP contribution is 2.33. The average molecular weight is 629 g/mol. The molecule has 2 aromatic carbocycles. The fraction of sp³-hybridized carbons (Fsp3) is 0.333. The molecule has 1 heterocycles. The highest BCUT2D eigenvalue weighted by molar-refractivity contribution is 14.1. The van der Waals surface area contributed by atoms with Gasteiger partial charge in [0.15, 0.2) is 18.1 Å². The summed E-state index contributed by atoms with van der Waals surface area (Å²) in [6.07, 6.45) is 3.10. The lowest BCUT2D eigenvalue weighted by atomic mass is 10.2. The van der Waals surface area contributed by atoms with Gasteiger partial charge in [0.2, 0.25) is 0 Å². The van der Waals surface area contributed by atoms with Crippen molar-refractivity contribution < 1.29 is 28.6 Å². The largest absolute Gasteiger partial charge is 0.493 e. The van der Waals surface area contributed by atoms with Gasteiger partial charge in [-0.1, -0.05) is 17.7 Å². The Kier molecular flexibility index (Phi) is 10.3. The quantitative estimate of drug-likeness (QED) is 0.170. The molecular weight excluding hydrogens is 603 g/mol. The summed E-state index contributed by atoms with van der Waals surface area (Å²) in [5, 5.41) is 9.64. The molecule has 0 spiro atoms. The van der Waals surface area contributed by atoms with Crippen LogP contribution in [0, 0.1) is 10.5 Å². The number of carbonyl (C=O) groups excluding carboxylic acids is 3. The maximum absolute atomic E-state index is 12.3. The summed E-state index contributed by atoms with van der Waals surface area (Å²) >= 11 is 8.13. The van der Waals surface area contributed by atoms with Crippen LogP contribution in [0.4, 0.5) is 5.69 Å². The van der Waals surface area contributed by atoms with Crippen molar-refractivity contribution in [1.29, 1.82) is 0 Å². The molecule has 1 aliphatic rings. The monoisotopic (exact) mass is 628 g/mol. The number of hydrogen-bond donors (Lipinski definition) is 3. The van der Waals surface area contributed by atoms with Crippen molar-refractivity contribution in [3.63, 3.8) is 0 Å². The standard InChI is InChI=1S/C24H26ClIN4O6/c1-14-5-6-16(10-18(14)25)29-21(31)13-36-22-19(26)8-15(9-20(22)34-2)11-28-30-24(33)23(32)27-12-17-4-3-7-35-17/h5-6,8-11,17H,3-4,7,12-13H2,1-2H3,(H,27,32)(H,29,31)(H,30,33)/b28-11-/t17-/m1/s1. The molecule has 0 aromatic heterocycles. The molecule has 3 rings (SSSR count). The molecule has 0 radical (unpaired) electrons. The average Bonchev–Trinajstić information content (AvgIpc) is 3.37. The molecule has 0 bridgehead atoms. The highest BCUT2D eigenvalue weighted by Gasteiger charge is 2.19. The Morgan fingerprint density at radius 1 is 1.25 bits per heavy atom. The zero-order valence-electron chi connectivity index (χ0n) is 19.7. The second-order valence-corrected chi connectivity index (χ2v) is 9.45. The number of carbonyl (C=O) groups is 3. The van der Waals surface area contributed by atoms with E-state index in [9.17, 15) is 14.4 Å². The van der Waals surface area contributed by atoms with Crippen LogP contribution in [0.15, 0.2) is 35.4 Å². The molecule has 0 saturated carbocycles. The van der Waals surface area contributed by atoms with Crippen molar-refractivity contribution in [1.82, 2.24) is 10.7 Å². The summed E-state index contributed by atoms with van der Waals surface area (Å²) in [6, 6.07) is 8.58. The van der Waals surface area contributed by atoms with Gasteiger partial charge in [-0.25, -0.2) is 5.43 Å². The third kappa shape index (κ3) is 8.07. The van der Waals surface area contributed by atoms with E-state index in [0.29, 0.717) is 37.9 Å². The number of methoxy groups -OCH3 is 1. The summed E-state index contributed by atoms with van der Waals surface area (Å²) in [7, 11) is 1.47. The number of nitrogens with zero attached hydrogens (tertiary/aromatic N) is 1. The van der Waals surface area contributed by atoms with E-state index in [-0.39, 0.29) is 25.2 Å². The molecule has 0 aliphatic carbocycles. The summed E-state index contributed by atoms with van der Waals surface area (Å²) in [4.78, 5) is 36.1. The first kappa shape index (κ1) is 27.7. The van der Waals surface area contributed by atoms with Gasteiger partial charge < -0.3 is 24.8 Å². The first-order chi connectivity index (χ1) is 17.3. The smallest absolute Gasteiger partial charge is 0.329 e. The van der Waals surface area contributed by atoms with E-state index in [0.717, 1.165) is 18.4 Å². The molecule has 10 nitrogen and oxygen atoms in total. The zero-order chi connectivity index (χ0) is 26.1. The number of amides is 3. The van der Waals surface area contributed by atoms with Crippen molar-refractivity contribution in [2.45, 2.75) is 25.9 Å². The van der Waals surface area contributed by atoms with Crippen LogP contribution in [0.2, 0.25) is 5.02 Å². The van der Waals surface area contributed by atoms with Gasteiger partial charge in [0.05, 0.1) is 23.0 Å². The lowest BCUT2D eigenvalue weighted by Crippen LogP contribution is -2.41. The minimum absolute atomic E-state index is 0.0623. The number of nitrogens with one attached hydrogen (secondary N) is 3. The van der Waals surface area contributed by atoms with E-state index < -0.39 is 11.8 Å². The summed E-state index contributed by atoms with van der Waals surface area (Å²) in [5.41, 5.74) is 4.25. The van der Waals surface area contributed by atoms with Gasteiger partial charge in [0.25, 0.3) is 5.91 Å². The Balaban J connectivity index is 1.53. The first-order valence-corrected chi connectivity index (χ1v) is 12.5. The maximum atomic E-state index is 12.3. The lowest BCUT2D eigenvalue weighted by Gasteiger charge is -2.14. The van der Waals surface area contributed by atoms with Gasteiger partial charge in [-0.3, -0.25) is 14.4 Å². The van der Waals surface area contributed by atoms with Gasteiger partial charge in [-0.2, -0.15) is 5.10 Å². The molecule has 3 N–H and O–H groups in total. The third-order valence-electron chi connectivity index (χ3n) is 5.16. The van der Waals surface area contributed by atoms with E-state index in [1.165, 1.54) is 13.3 Å². The molecule has 1 atom stereocenters. The van der Waals surface area contributed by atoms with Gasteiger partial charge in [-0.15, -0.1) is 0 Å². The second-order valence-electron chi connectivity index (χ2n) is 7.88. The van der Waals surface area contributed by atoms with Crippen LogP contribution in [0.3, 0.4) is 0 Å². The first-order valence-electron chi connectivity index (χ1n) is 11.1. The molecule has 3 amide bonds. The van der Waals surface area contributed by atoms with Crippen LogP contribution in [0.1, 0.15) is 24.0 Å². The predicted molar refractivity (Wildman–Crippen MR) is 144 cm³/mol. The Hall–Kier alpha value is -2.90. The molecule has 1 saturated heterocycles. The fourth-order valence-corrected chi connectivity index (χ4v) is 4.23. The van der Waals surface area contributed by atoms with Crippen LogP contribution in [0.25, 0.3) is 0 Å². The minimum Gasteiger partial charge on any atom is -0.493 e. The molecule has 0 unspecified atom stereocenters. The van der Waals surface area contributed by atoms with Crippen LogP contribution in [-0.2, 0) is 19.1 Å². The summed E-state index contributed by atoms with van der Waals surface area (Å²) in [6.45, 7) is 2.57. The summed E-state index contributed by atoms with van der Waals surface area (Å²) in [5.74, 6) is -1.28. The molecule has 12 heteroatoms. The zero-order valence-corrected chi connectivity index (χ0v) is 22.6. The van der Waals surface area contributed by atoms with Gasteiger partial charge in [0, 0.05) is 23.9 Å². The number of anilines is 1. The van der Waals surface area contributed by atoms with Crippen molar-refractivity contribution >= 4 is 63.8 Å². The van der Waals surface area contributed by atoms with E-state index >= 15 is 0 Å². The number of ether oxygens (including phenoxy) is 3. The SMILES string of the molecule is COc1cc(/C=N\NC(=O)C(=O)NC[C@H]2CCCO2)cc(I)c1OCC(=O)Nc1ccc(C)c(Cl)c1. The molecule has 1 fully saturated rings. The van der Waals surface area contributed by atoms with Gasteiger partial charge in [0.1, 0.15) is 0 Å². The number of halogens is 2. The normalized spacial score (nSPS) is 14.9. The molecule has 36 heavy (non-hydrogen) atoms. The number of aryl methyl sites for hydroxylation is 1. The molecule has 1 aliphatic heterocycles. The van der Waals surface area contributed by atoms with Crippen LogP contribution in [-0.4, -0.2) is 56.9 Å². The number of rotatable bonds is 9. The van der Waals surface area contributed by atoms with E-state index in [2.05, 4.69) is 21.2 Å². The maximum Gasteiger partial charge on any atom is 0.329 e. The van der Waals surface area contributed by atoms with Gasteiger partial charge >= 0.3 is 11.8 Å². The van der Waals surface area contributed by atoms with E-state index in [1.807, 2.05) is 35.6 Å². The Morgan fingerprint density at radius 3 is 2.75 bits per heavy atom. The molecule has 192 valence electrons. The van der Waals surface area contributed by atoms with Crippen LogP contribution < -0.4 is 25.5 Å². The van der Waals surface area contributed by atoms with Gasteiger partial charge in [-0.05, 0) is 77.7 Å². The Bertz CT molecular complexity index is 1150. The fourth-order valence-electron chi connectivity index (χ4n) is 3.27. The number of hydrazone groups is 1. The van der Waals surface area contributed by atoms with Crippen molar-refractivity contribution in [2.24, 2.45) is 5.10 Å². The van der Waals surface area contributed by atoms with Crippen molar-refractivity contribution in [2.75, 3.05) is 32.2 Å². The number of benzene rings is 2. The van der Waals surface area contributed by atoms with Crippen molar-refractivity contribution in [3.8, 4) is 11.5 Å².